The molecule has 0 unspecified atom stereocenters. The second-order valence-corrected chi connectivity index (χ2v) is 7.64. The Kier molecular flexibility index (Phi) is 5.57. The first kappa shape index (κ1) is 19.1. The summed E-state index contributed by atoms with van der Waals surface area (Å²) in [5.74, 6) is 0.261. The number of esters is 1. The number of ether oxygens (including phenoxy) is 2. The molecule has 0 fully saturated rings. The van der Waals surface area contributed by atoms with Crippen molar-refractivity contribution in [1.82, 2.24) is 4.98 Å². The number of nitrogens with one attached hydrogen (secondary N) is 1. The van der Waals surface area contributed by atoms with E-state index in [9.17, 15) is 9.59 Å². The molecular weight excluding hydrogens is 388 g/mol. The van der Waals surface area contributed by atoms with Crippen molar-refractivity contribution >= 4 is 28.3 Å². The Labute approximate surface area is 172 Å². The number of aromatic nitrogens is 1. The average molecular weight is 408 g/mol. The predicted octanol–water partition coefficient (Wildman–Crippen LogP) is 4.10. The zero-order chi connectivity index (χ0) is 20.2. The average Bonchev–Trinajstić information content (AvgIpc) is 3.39. The van der Waals surface area contributed by atoms with Crippen LogP contribution in [-0.4, -0.2) is 30.6 Å². The predicted molar refractivity (Wildman–Crippen MR) is 111 cm³/mol. The molecular formula is C22H20N2O4S. The summed E-state index contributed by atoms with van der Waals surface area (Å²) in [5, 5.41) is 3.20. The molecule has 0 spiro atoms. The maximum absolute atomic E-state index is 12.4. The van der Waals surface area contributed by atoms with Crippen molar-refractivity contribution in [2.45, 2.75) is 19.3 Å². The highest BCUT2D eigenvalue weighted by Crippen LogP contribution is 2.33. The van der Waals surface area contributed by atoms with Crippen molar-refractivity contribution in [3.05, 3.63) is 65.4 Å². The van der Waals surface area contributed by atoms with Gasteiger partial charge in [0.25, 0.3) is 0 Å². The molecule has 2 aromatic carbocycles. The molecule has 1 aliphatic heterocycles. The minimum atomic E-state index is -0.527. The minimum Gasteiger partial charge on any atom is -0.493 e. The molecule has 6 nitrogen and oxygen atoms in total. The molecule has 4 rings (SSSR count). The number of nitrogens with zero attached hydrogens (tertiary/aromatic N) is 1. The Morgan fingerprint density at radius 3 is 2.83 bits per heavy atom. The molecule has 148 valence electrons. The van der Waals surface area contributed by atoms with Gasteiger partial charge in [-0.25, -0.2) is 9.78 Å². The van der Waals surface area contributed by atoms with Crippen LogP contribution in [0.2, 0.25) is 0 Å². The van der Waals surface area contributed by atoms with Crippen LogP contribution in [0.4, 0.5) is 5.13 Å². The van der Waals surface area contributed by atoms with Crippen LogP contribution < -0.4 is 10.1 Å². The normalized spacial score (nSPS) is 12.2. The molecule has 7 heteroatoms. The summed E-state index contributed by atoms with van der Waals surface area (Å²) in [5.41, 5.74) is 3.35. The van der Waals surface area contributed by atoms with Crippen molar-refractivity contribution in [3.63, 3.8) is 0 Å². The Bertz CT molecular complexity index is 1050. The first-order chi connectivity index (χ1) is 14.1. The number of thiazole rings is 1. The first-order valence-electron chi connectivity index (χ1n) is 9.33. The maximum Gasteiger partial charge on any atom is 0.358 e. The van der Waals surface area contributed by atoms with Gasteiger partial charge in [0.15, 0.2) is 10.8 Å². The third-order valence-electron chi connectivity index (χ3n) is 4.68. The van der Waals surface area contributed by atoms with E-state index in [2.05, 4.69) is 16.4 Å². The molecule has 0 atom stereocenters. The van der Waals surface area contributed by atoms with E-state index in [0.29, 0.717) is 22.9 Å². The van der Waals surface area contributed by atoms with Gasteiger partial charge < -0.3 is 14.8 Å². The van der Waals surface area contributed by atoms with Crippen LogP contribution in [0.25, 0.3) is 10.4 Å². The number of amides is 1. The van der Waals surface area contributed by atoms with Crippen molar-refractivity contribution in [1.29, 1.82) is 0 Å². The summed E-state index contributed by atoms with van der Waals surface area (Å²) >= 11 is 1.26. The van der Waals surface area contributed by atoms with Crippen LogP contribution in [0.15, 0.2) is 48.5 Å². The summed E-state index contributed by atoms with van der Waals surface area (Å²) < 4.78 is 10.4. The molecule has 1 aromatic heterocycles. The fraction of sp³-hybridized carbons (Fsp3) is 0.227. The topological polar surface area (TPSA) is 77.5 Å². The van der Waals surface area contributed by atoms with Gasteiger partial charge in [0, 0.05) is 12.8 Å². The van der Waals surface area contributed by atoms with Gasteiger partial charge in [-0.15, -0.1) is 0 Å². The third-order valence-corrected chi connectivity index (χ3v) is 5.70. The third kappa shape index (κ3) is 4.30. The number of methoxy groups -OCH3 is 1. The molecule has 0 radical (unpaired) electrons. The van der Waals surface area contributed by atoms with Crippen LogP contribution in [-0.2, 0) is 22.4 Å². The van der Waals surface area contributed by atoms with Crippen LogP contribution in [0, 0.1) is 0 Å². The number of anilines is 1. The molecule has 0 saturated heterocycles. The van der Waals surface area contributed by atoms with E-state index in [-0.39, 0.29) is 11.6 Å². The van der Waals surface area contributed by atoms with Crippen molar-refractivity contribution in [2.24, 2.45) is 0 Å². The standard InChI is InChI=1S/C22H20N2O4S/c1-27-21(26)19-20(15-5-3-2-4-6-15)29-22(24-19)23-18(25)10-8-14-7-9-17-16(13-14)11-12-28-17/h2-7,9,13H,8,10-12H2,1H3,(H,23,24,25). The molecule has 0 bridgehead atoms. The second kappa shape index (κ2) is 8.45. The van der Waals surface area contributed by atoms with Crippen LogP contribution in [0.1, 0.15) is 28.0 Å². The van der Waals surface area contributed by atoms with E-state index < -0.39 is 5.97 Å². The van der Waals surface area contributed by atoms with E-state index in [1.165, 1.54) is 24.0 Å². The van der Waals surface area contributed by atoms with E-state index in [1.54, 1.807) is 0 Å². The smallest absolute Gasteiger partial charge is 0.358 e. The number of benzene rings is 2. The Balaban J connectivity index is 1.45. The first-order valence-corrected chi connectivity index (χ1v) is 10.1. The molecule has 1 amide bonds. The summed E-state index contributed by atoms with van der Waals surface area (Å²) in [6.45, 7) is 0.718. The van der Waals surface area contributed by atoms with Crippen molar-refractivity contribution < 1.29 is 19.1 Å². The van der Waals surface area contributed by atoms with Crippen LogP contribution in [0.5, 0.6) is 5.75 Å². The number of rotatable bonds is 6. The Morgan fingerprint density at radius 2 is 2.03 bits per heavy atom. The number of aryl methyl sites for hydroxylation is 1. The highest BCUT2D eigenvalue weighted by molar-refractivity contribution is 7.19. The monoisotopic (exact) mass is 408 g/mol. The lowest BCUT2D eigenvalue weighted by atomic mass is 10.0. The molecule has 3 aromatic rings. The Morgan fingerprint density at radius 1 is 1.21 bits per heavy atom. The highest BCUT2D eigenvalue weighted by Gasteiger charge is 2.21. The minimum absolute atomic E-state index is 0.147. The van der Waals surface area contributed by atoms with Gasteiger partial charge in [0.2, 0.25) is 5.91 Å². The lowest BCUT2D eigenvalue weighted by Gasteiger charge is -2.04. The van der Waals surface area contributed by atoms with Gasteiger partial charge in [-0.1, -0.05) is 53.8 Å². The summed E-state index contributed by atoms with van der Waals surface area (Å²) in [6.07, 6.45) is 1.86. The van der Waals surface area contributed by atoms with Crippen LogP contribution in [0.3, 0.4) is 0 Å². The number of hydrogen-bond acceptors (Lipinski definition) is 6. The van der Waals surface area contributed by atoms with Gasteiger partial charge >= 0.3 is 5.97 Å². The summed E-state index contributed by atoms with van der Waals surface area (Å²) in [7, 11) is 1.32. The Hall–Kier alpha value is -3.19. The lowest BCUT2D eigenvalue weighted by Crippen LogP contribution is -2.12. The van der Waals surface area contributed by atoms with Crippen LogP contribution >= 0.6 is 11.3 Å². The van der Waals surface area contributed by atoms with Gasteiger partial charge in [-0.3, -0.25) is 4.79 Å². The zero-order valence-corrected chi connectivity index (χ0v) is 16.8. The number of carbonyl (C=O) groups is 2. The maximum atomic E-state index is 12.4. The summed E-state index contributed by atoms with van der Waals surface area (Å²) in [6, 6.07) is 15.5. The molecule has 0 aliphatic carbocycles. The quantitative estimate of drug-likeness (QED) is 0.621. The lowest BCUT2D eigenvalue weighted by molar-refractivity contribution is -0.116. The van der Waals surface area contributed by atoms with Gasteiger partial charge in [0.1, 0.15) is 5.75 Å². The van der Waals surface area contributed by atoms with E-state index in [1.807, 2.05) is 42.5 Å². The number of carbonyl (C=O) groups excluding carboxylic acids is 2. The fourth-order valence-electron chi connectivity index (χ4n) is 3.23. The van der Waals surface area contributed by atoms with Gasteiger partial charge in [0.05, 0.1) is 18.6 Å². The molecule has 1 N–H and O–H groups in total. The van der Waals surface area contributed by atoms with Crippen molar-refractivity contribution in [2.75, 3.05) is 19.0 Å². The van der Waals surface area contributed by atoms with E-state index in [4.69, 9.17) is 9.47 Å². The zero-order valence-electron chi connectivity index (χ0n) is 15.9. The molecule has 2 heterocycles. The number of hydrogen-bond donors (Lipinski definition) is 1. The second-order valence-electron chi connectivity index (χ2n) is 6.64. The summed E-state index contributed by atoms with van der Waals surface area (Å²) in [4.78, 5) is 29.5. The molecule has 29 heavy (non-hydrogen) atoms. The number of fused-ring (bicyclic) bond motifs is 1. The van der Waals surface area contributed by atoms with Crippen molar-refractivity contribution in [3.8, 4) is 16.2 Å². The molecule has 0 saturated carbocycles. The van der Waals surface area contributed by atoms with Gasteiger partial charge in [-0.2, -0.15) is 0 Å². The molecule has 1 aliphatic rings. The van der Waals surface area contributed by atoms with Gasteiger partial charge in [-0.05, 0) is 29.2 Å². The van der Waals surface area contributed by atoms with E-state index in [0.717, 1.165) is 29.9 Å². The largest absolute Gasteiger partial charge is 0.493 e. The van der Waals surface area contributed by atoms with E-state index >= 15 is 0 Å². The fourth-order valence-corrected chi connectivity index (χ4v) is 4.20. The highest BCUT2D eigenvalue weighted by atomic mass is 32.1. The SMILES string of the molecule is COC(=O)c1nc(NC(=O)CCc2ccc3c(c2)CCO3)sc1-c1ccccc1.